The third kappa shape index (κ3) is 7.03. The standard InChI is InChI=1S/C34H25F4N7O2/c35-28-11-14-30(31(36)18-28)33(46,22-45-23-40-42-43-45)34(37,38)32-15-10-25(19-39-32)3-2-24-8-12-29(13-9-24)47-21-27-6-4-26(5-7-27)20-44-17-1-16-41-44/h1,4-19,23,46H,20-22H2. The number of benzene rings is 3. The predicted octanol–water partition coefficient (Wildman–Crippen LogP) is 5.25. The van der Waals surface area contributed by atoms with Gasteiger partial charge in [-0.25, -0.2) is 13.5 Å². The molecule has 6 rings (SSSR count). The number of halogens is 4. The van der Waals surface area contributed by atoms with Crippen molar-refractivity contribution in [2.45, 2.75) is 31.2 Å². The van der Waals surface area contributed by atoms with Gasteiger partial charge in [0, 0.05) is 41.3 Å². The van der Waals surface area contributed by atoms with E-state index in [-0.39, 0.29) is 0 Å². The second kappa shape index (κ2) is 13.2. The first kappa shape index (κ1) is 31.1. The van der Waals surface area contributed by atoms with Crippen LogP contribution in [-0.4, -0.2) is 40.1 Å². The summed E-state index contributed by atoms with van der Waals surface area (Å²) < 4.78 is 68.7. The second-order valence-electron chi connectivity index (χ2n) is 10.6. The molecule has 47 heavy (non-hydrogen) atoms. The normalized spacial score (nSPS) is 12.6. The molecule has 0 amide bonds. The molecule has 3 heterocycles. The maximum Gasteiger partial charge on any atom is 0.323 e. The van der Waals surface area contributed by atoms with Crippen molar-refractivity contribution in [3.05, 3.63) is 155 Å². The highest BCUT2D eigenvalue weighted by molar-refractivity contribution is 5.44. The monoisotopic (exact) mass is 639 g/mol. The van der Waals surface area contributed by atoms with Crippen LogP contribution in [0, 0.1) is 23.5 Å². The Morgan fingerprint density at radius 2 is 1.60 bits per heavy atom. The Morgan fingerprint density at radius 1 is 0.851 bits per heavy atom. The average molecular weight is 640 g/mol. The minimum atomic E-state index is -4.16. The van der Waals surface area contributed by atoms with Gasteiger partial charge in [-0.15, -0.1) is 5.10 Å². The summed E-state index contributed by atoms with van der Waals surface area (Å²) in [6.45, 7) is 0.125. The molecule has 1 N–H and O–H groups in total. The number of rotatable bonds is 10. The largest absolute Gasteiger partial charge is 0.489 e. The van der Waals surface area contributed by atoms with Gasteiger partial charge in [0.25, 0.3) is 0 Å². The third-order valence-corrected chi connectivity index (χ3v) is 7.30. The van der Waals surface area contributed by atoms with E-state index in [1.165, 1.54) is 6.07 Å². The van der Waals surface area contributed by atoms with E-state index in [4.69, 9.17) is 4.74 Å². The first-order chi connectivity index (χ1) is 22.7. The van der Waals surface area contributed by atoms with Crippen molar-refractivity contribution in [2.75, 3.05) is 0 Å². The summed E-state index contributed by atoms with van der Waals surface area (Å²) >= 11 is 0. The van der Waals surface area contributed by atoms with Crippen LogP contribution in [0.3, 0.4) is 0 Å². The van der Waals surface area contributed by atoms with Gasteiger partial charge in [0.1, 0.15) is 36.0 Å². The maximum absolute atomic E-state index is 15.9. The molecule has 0 aliphatic heterocycles. The first-order valence-corrected chi connectivity index (χ1v) is 14.2. The Balaban J connectivity index is 1.11. The lowest BCUT2D eigenvalue weighted by atomic mass is 9.84. The van der Waals surface area contributed by atoms with Crippen molar-refractivity contribution < 1.29 is 27.4 Å². The van der Waals surface area contributed by atoms with Crippen LogP contribution in [0.5, 0.6) is 5.75 Å². The Labute approximate surface area is 266 Å². The van der Waals surface area contributed by atoms with E-state index in [1.807, 2.05) is 41.2 Å². The van der Waals surface area contributed by atoms with E-state index in [9.17, 15) is 13.9 Å². The number of nitrogens with zero attached hydrogens (tertiary/aromatic N) is 7. The molecule has 0 aliphatic carbocycles. The Morgan fingerprint density at radius 3 is 2.26 bits per heavy atom. The van der Waals surface area contributed by atoms with Gasteiger partial charge in [0.2, 0.25) is 0 Å². The second-order valence-corrected chi connectivity index (χ2v) is 10.6. The van der Waals surface area contributed by atoms with E-state index in [0.29, 0.717) is 36.1 Å². The van der Waals surface area contributed by atoms with Gasteiger partial charge in [-0.05, 0) is 76.2 Å². The smallest absolute Gasteiger partial charge is 0.323 e. The molecule has 1 unspecified atom stereocenters. The molecule has 0 aliphatic rings. The fourth-order valence-electron chi connectivity index (χ4n) is 4.80. The van der Waals surface area contributed by atoms with Crippen LogP contribution in [0.2, 0.25) is 0 Å². The van der Waals surface area contributed by atoms with Crippen molar-refractivity contribution in [2.24, 2.45) is 0 Å². The quantitative estimate of drug-likeness (QED) is 0.161. The molecule has 9 nitrogen and oxygen atoms in total. The minimum Gasteiger partial charge on any atom is -0.489 e. The molecule has 0 radical (unpaired) electrons. The van der Waals surface area contributed by atoms with Crippen molar-refractivity contribution in [3.8, 4) is 17.6 Å². The molecule has 3 aromatic carbocycles. The Hall–Kier alpha value is -5.87. The molecule has 0 spiro atoms. The number of hydrogen-bond donors (Lipinski definition) is 1. The molecule has 1 atom stereocenters. The molecule has 0 saturated heterocycles. The highest BCUT2D eigenvalue weighted by atomic mass is 19.3. The van der Waals surface area contributed by atoms with Crippen LogP contribution in [0.4, 0.5) is 17.6 Å². The van der Waals surface area contributed by atoms with Crippen LogP contribution in [0.15, 0.2) is 110 Å². The van der Waals surface area contributed by atoms with E-state index >= 15 is 8.78 Å². The third-order valence-electron chi connectivity index (χ3n) is 7.30. The lowest BCUT2D eigenvalue weighted by molar-refractivity contribution is -0.207. The van der Waals surface area contributed by atoms with Crippen molar-refractivity contribution in [3.63, 3.8) is 0 Å². The molecule has 0 saturated carbocycles. The summed E-state index contributed by atoms with van der Waals surface area (Å²) in [4.78, 5) is 3.83. The summed E-state index contributed by atoms with van der Waals surface area (Å²) in [6.07, 6.45) is 5.75. The van der Waals surface area contributed by atoms with Crippen molar-refractivity contribution in [1.82, 2.24) is 35.0 Å². The van der Waals surface area contributed by atoms with Gasteiger partial charge in [0.15, 0.2) is 5.60 Å². The lowest BCUT2D eigenvalue weighted by Gasteiger charge is -2.35. The Bertz CT molecular complexity index is 1990. The summed E-state index contributed by atoms with van der Waals surface area (Å²) in [5.74, 6) is -0.0721. The fourth-order valence-corrected chi connectivity index (χ4v) is 4.80. The predicted molar refractivity (Wildman–Crippen MR) is 161 cm³/mol. The summed E-state index contributed by atoms with van der Waals surface area (Å²) in [7, 11) is 0. The Kier molecular flexibility index (Phi) is 8.77. The molecule has 0 bridgehead atoms. The van der Waals surface area contributed by atoms with Crippen LogP contribution >= 0.6 is 0 Å². The lowest BCUT2D eigenvalue weighted by Crippen LogP contribution is -2.48. The van der Waals surface area contributed by atoms with Gasteiger partial charge in [-0.2, -0.15) is 13.9 Å². The van der Waals surface area contributed by atoms with Gasteiger partial charge in [-0.3, -0.25) is 9.67 Å². The number of pyridine rings is 1. The van der Waals surface area contributed by atoms with Gasteiger partial charge >= 0.3 is 5.92 Å². The van der Waals surface area contributed by atoms with Crippen LogP contribution in [0.1, 0.15) is 33.5 Å². The first-order valence-electron chi connectivity index (χ1n) is 14.2. The number of tetrazole rings is 1. The summed E-state index contributed by atoms with van der Waals surface area (Å²) in [6, 6.07) is 21.3. The molecule has 6 aromatic rings. The number of aliphatic hydroxyl groups is 1. The molecular weight excluding hydrogens is 614 g/mol. The number of aromatic nitrogens is 7. The summed E-state index contributed by atoms with van der Waals surface area (Å²) in [5, 5.41) is 25.8. The minimum absolute atomic E-state index is 0.317. The van der Waals surface area contributed by atoms with Crippen LogP contribution < -0.4 is 4.74 Å². The van der Waals surface area contributed by atoms with Crippen LogP contribution in [0.25, 0.3) is 0 Å². The van der Waals surface area contributed by atoms with E-state index in [1.54, 1.807) is 30.5 Å². The molecule has 13 heteroatoms. The zero-order valence-corrected chi connectivity index (χ0v) is 24.5. The highest BCUT2D eigenvalue weighted by Gasteiger charge is 2.58. The molecule has 0 fully saturated rings. The van der Waals surface area contributed by atoms with Crippen molar-refractivity contribution in [1.29, 1.82) is 0 Å². The highest BCUT2D eigenvalue weighted by Crippen LogP contribution is 2.46. The average Bonchev–Trinajstić information content (AvgIpc) is 3.79. The number of alkyl halides is 2. The number of hydrogen-bond acceptors (Lipinski definition) is 7. The van der Waals surface area contributed by atoms with Gasteiger partial charge in [0.05, 0.1) is 13.1 Å². The van der Waals surface area contributed by atoms with Crippen molar-refractivity contribution >= 4 is 0 Å². The zero-order valence-electron chi connectivity index (χ0n) is 24.5. The topological polar surface area (TPSA) is 104 Å². The molecular formula is C34H25F4N7O2. The van der Waals surface area contributed by atoms with Gasteiger partial charge < -0.3 is 9.84 Å². The number of ether oxygens (including phenoxy) is 1. The molecule has 3 aromatic heterocycles. The zero-order chi connectivity index (χ0) is 32.9. The molecule has 236 valence electrons. The fraction of sp³-hybridized carbons (Fsp3) is 0.147. The van der Waals surface area contributed by atoms with E-state index in [0.717, 1.165) is 46.5 Å². The maximum atomic E-state index is 15.9. The summed E-state index contributed by atoms with van der Waals surface area (Å²) in [5.41, 5.74) is -1.84. The van der Waals surface area contributed by atoms with Crippen LogP contribution in [-0.2, 0) is 31.2 Å². The van der Waals surface area contributed by atoms with Gasteiger partial charge in [-0.1, -0.05) is 36.1 Å². The van der Waals surface area contributed by atoms with E-state index < -0.39 is 41.0 Å². The SMILES string of the molecule is OC(Cn1cnnn1)(c1ccc(F)cc1F)C(F)(F)c1ccc(C#Cc2ccc(OCc3ccc(Cn4cccn4)cc3)cc2)cn1. The van der Waals surface area contributed by atoms with E-state index in [2.05, 4.69) is 37.4 Å².